The van der Waals surface area contributed by atoms with E-state index >= 15 is 0 Å². The van der Waals surface area contributed by atoms with Gasteiger partial charge in [-0.05, 0) is 49.1 Å². The Kier molecular flexibility index (Phi) is 10.6. The Balaban J connectivity index is 1.76. The summed E-state index contributed by atoms with van der Waals surface area (Å²) in [4.78, 5) is 29.4. The highest BCUT2D eigenvalue weighted by Crippen LogP contribution is 2.36. The van der Waals surface area contributed by atoms with Crippen LogP contribution in [0.4, 0.5) is 18.9 Å². The van der Waals surface area contributed by atoms with E-state index in [9.17, 15) is 31.2 Å². The van der Waals surface area contributed by atoms with E-state index in [1.165, 1.54) is 4.90 Å². The second-order valence-corrected chi connectivity index (χ2v) is 13.5. The van der Waals surface area contributed by atoms with E-state index in [0.717, 1.165) is 55.2 Å². The lowest BCUT2D eigenvalue weighted by Crippen LogP contribution is -2.54. The fraction of sp³-hybridized carbons (Fsp3) is 0.375. The quantitative estimate of drug-likeness (QED) is 0.271. The summed E-state index contributed by atoms with van der Waals surface area (Å²) in [7, 11) is -4.30. The molecule has 1 atom stereocenters. The molecular weight excluding hydrogens is 615 g/mol. The lowest BCUT2D eigenvalue weighted by atomic mass is 10.0. The van der Waals surface area contributed by atoms with Gasteiger partial charge in [0.15, 0.2) is 0 Å². The van der Waals surface area contributed by atoms with Crippen molar-refractivity contribution >= 4 is 39.1 Å². The largest absolute Gasteiger partial charge is 0.416 e. The molecule has 0 bridgehead atoms. The maximum Gasteiger partial charge on any atom is 0.416 e. The molecule has 3 aromatic rings. The SMILES string of the molecule is Cc1ccc(CN(C(=O)CN(c2cc(C(F)(F)F)ccc2Cl)S(C)(=O)=O)C(Cc2ccccc2)C(=O)NC2CCCC2)cc1. The first-order chi connectivity index (χ1) is 20.7. The number of anilines is 1. The van der Waals surface area contributed by atoms with Crippen LogP contribution in [0.15, 0.2) is 72.8 Å². The van der Waals surface area contributed by atoms with Gasteiger partial charge in [-0.15, -0.1) is 0 Å². The van der Waals surface area contributed by atoms with Crippen LogP contribution in [-0.2, 0) is 38.8 Å². The maximum absolute atomic E-state index is 14.2. The van der Waals surface area contributed by atoms with Crippen molar-refractivity contribution in [1.82, 2.24) is 10.2 Å². The van der Waals surface area contributed by atoms with Crippen molar-refractivity contribution in [2.75, 3.05) is 17.1 Å². The lowest BCUT2D eigenvalue weighted by molar-refractivity contribution is -0.140. The number of carbonyl (C=O) groups excluding carboxylic acids is 2. The van der Waals surface area contributed by atoms with Crippen LogP contribution in [0.25, 0.3) is 0 Å². The number of hydrogen-bond acceptors (Lipinski definition) is 4. The monoisotopic (exact) mass is 649 g/mol. The molecule has 0 aliphatic heterocycles. The molecule has 1 saturated carbocycles. The van der Waals surface area contributed by atoms with Crippen LogP contribution in [0, 0.1) is 6.92 Å². The number of sulfonamides is 1. The lowest BCUT2D eigenvalue weighted by Gasteiger charge is -2.34. The number of nitrogens with zero attached hydrogens (tertiary/aromatic N) is 2. The molecule has 1 aliphatic carbocycles. The van der Waals surface area contributed by atoms with Gasteiger partial charge < -0.3 is 10.2 Å². The van der Waals surface area contributed by atoms with Crippen LogP contribution in [0.2, 0.25) is 5.02 Å². The average Bonchev–Trinajstić information content (AvgIpc) is 3.47. The van der Waals surface area contributed by atoms with Crippen LogP contribution in [0.3, 0.4) is 0 Å². The van der Waals surface area contributed by atoms with Gasteiger partial charge in [-0.3, -0.25) is 13.9 Å². The summed E-state index contributed by atoms with van der Waals surface area (Å²) >= 11 is 6.21. The van der Waals surface area contributed by atoms with Gasteiger partial charge in [-0.1, -0.05) is 84.6 Å². The third-order valence-electron chi connectivity index (χ3n) is 7.67. The first-order valence-corrected chi connectivity index (χ1v) is 16.5. The van der Waals surface area contributed by atoms with Crippen molar-refractivity contribution in [3.8, 4) is 0 Å². The number of halogens is 4. The molecule has 0 saturated heterocycles. The van der Waals surface area contributed by atoms with Crippen molar-refractivity contribution in [3.05, 3.63) is 100 Å². The Morgan fingerprint density at radius 2 is 1.61 bits per heavy atom. The molecule has 0 aromatic heterocycles. The van der Waals surface area contributed by atoms with Crippen molar-refractivity contribution in [1.29, 1.82) is 0 Å². The first-order valence-electron chi connectivity index (χ1n) is 14.3. The zero-order valence-electron chi connectivity index (χ0n) is 24.5. The smallest absolute Gasteiger partial charge is 0.352 e. The molecule has 1 N–H and O–H groups in total. The number of amides is 2. The summed E-state index contributed by atoms with van der Waals surface area (Å²) in [5, 5.41) is 2.79. The number of aryl methyl sites for hydroxylation is 1. The molecule has 1 aliphatic rings. The van der Waals surface area contributed by atoms with Gasteiger partial charge in [0.25, 0.3) is 0 Å². The Morgan fingerprint density at radius 1 is 0.977 bits per heavy atom. The first kappa shape index (κ1) is 33.3. The predicted octanol–water partition coefficient (Wildman–Crippen LogP) is 6.13. The van der Waals surface area contributed by atoms with E-state index in [1.54, 1.807) is 0 Å². The minimum Gasteiger partial charge on any atom is -0.352 e. The minimum atomic E-state index is -4.77. The van der Waals surface area contributed by atoms with Crippen LogP contribution < -0.4 is 9.62 Å². The van der Waals surface area contributed by atoms with E-state index in [4.69, 9.17) is 11.6 Å². The number of carbonyl (C=O) groups is 2. The van der Waals surface area contributed by atoms with Crippen molar-refractivity contribution in [2.45, 2.75) is 63.8 Å². The van der Waals surface area contributed by atoms with Gasteiger partial charge in [-0.2, -0.15) is 13.2 Å². The summed E-state index contributed by atoms with van der Waals surface area (Å²) in [6, 6.07) is 17.6. The third kappa shape index (κ3) is 8.75. The summed E-state index contributed by atoms with van der Waals surface area (Å²) < 4.78 is 67.2. The number of benzene rings is 3. The fourth-order valence-corrected chi connectivity index (χ4v) is 6.41. The fourth-order valence-electron chi connectivity index (χ4n) is 5.29. The molecule has 4 rings (SSSR count). The zero-order valence-corrected chi connectivity index (χ0v) is 26.1. The third-order valence-corrected chi connectivity index (χ3v) is 9.11. The topological polar surface area (TPSA) is 86.8 Å². The van der Waals surface area contributed by atoms with Crippen LogP contribution in [0.1, 0.15) is 47.9 Å². The summed E-state index contributed by atoms with van der Waals surface area (Å²) in [5.41, 5.74) is 0.851. The molecule has 0 spiro atoms. The molecule has 0 radical (unpaired) electrons. The highest BCUT2D eigenvalue weighted by Gasteiger charge is 2.36. The molecule has 7 nitrogen and oxygen atoms in total. The molecule has 0 heterocycles. The van der Waals surface area contributed by atoms with Gasteiger partial charge in [0.05, 0.1) is 22.5 Å². The van der Waals surface area contributed by atoms with Crippen LogP contribution in [0.5, 0.6) is 0 Å². The molecular formula is C32H35ClF3N3O4S. The van der Waals surface area contributed by atoms with Gasteiger partial charge >= 0.3 is 6.18 Å². The van der Waals surface area contributed by atoms with E-state index in [0.29, 0.717) is 15.9 Å². The van der Waals surface area contributed by atoms with Crippen molar-refractivity contribution < 1.29 is 31.2 Å². The maximum atomic E-state index is 14.2. The number of rotatable bonds is 11. The van der Waals surface area contributed by atoms with Gasteiger partial charge in [0.2, 0.25) is 21.8 Å². The number of hydrogen-bond donors (Lipinski definition) is 1. The number of nitrogens with one attached hydrogen (secondary N) is 1. The van der Waals surface area contributed by atoms with E-state index < -0.39 is 45.9 Å². The van der Waals surface area contributed by atoms with E-state index in [1.807, 2.05) is 61.5 Å². The average molecular weight is 650 g/mol. The molecule has 1 fully saturated rings. The number of alkyl halides is 3. The van der Waals surface area contributed by atoms with Crippen molar-refractivity contribution in [2.24, 2.45) is 0 Å². The normalized spacial score (nSPS) is 14.7. The molecule has 236 valence electrons. The zero-order chi connectivity index (χ0) is 32.1. The Bertz CT molecular complexity index is 1560. The second kappa shape index (κ2) is 14.0. The molecule has 2 amide bonds. The van der Waals surface area contributed by atoms with Crippen molar-refractivity contribution in [3.63, 3.8) is 0 Å². The molecule has 1 unspecified atom stereocenters. The van der Waals surface area contributed by atoms with Gasteiger partial charge in [0, 0.05) is 19.0 Å². The highest BCUT2D eigenvalue weighted by atomic mass is 35.5. The van der Waals surface area contributed by atoms with E-state index in [-0.39, 0.29) is 29.9 Å². The molecule has 3 aromatic carbocycles. The summed E-state index contributed by atoms with van der Waals surface area (Å²) in [6.07, 6.45) is -0.279. The molecule has 12 heteroatoms. The summed E-state index contributed by atoms with van der Waals surface area (Å²) in [5.74, 6) is -1.16. The molecule has 44 heavy (non-hydrogen) atoms. The summed E-state index contributed by atoms with van der Waals surface area (Å²) in [6.45, 7) is 0.999. The Hall–Kier alpha value is -3.57. The van der Waals surface area contributed by atoms with Crippen LogP contribution >= 0.6 is 11.6 Å². The van der Waals surface area contributed by atoms with E-state index in [2.05, 4.69) is 5.32 Å². The Labute approximate surface area is 261 Å². The Morgan fingerprint density at radius 3 is 2.20 bits per heavy atom. The van der Waals surface area contributed by atoms with Gasteiger partial charge in [0.1, 0.15) is 12.6 Å². The van der Waals surface area contributed by atoms with Gasteiger partial charge in [-0.25, -0.2) is 8.42 Å². The standard InChI is InChI=1S/C32H35ClF3N3O4S/c1-22-12-14-24(15-13-22)20-38(29(18-23-8-4-3-5-9-23)31(41)37-26-10-6-7-11-26)30(40)21-39(44(2,42)43)28-19-25(32(34,35)36)16-17-27(28)33/h3-5,8-9,12-17,19,26,29H,6-7,10-11,18,20-21H2,1-2H3,(H,37,41). The predicted molar refractivity (Wildman–Crippen MR) is 165 cm³/mol. The minimum absolute atomic E-state index is 0.0391. The van der Waals surface area contributed by atoms with Crippen LogP contribution in [-0.4, -0.2) is 50.0 Å². The second-order valence-electron chi connectivity index (χ2n) is 11.1. The highest BCUT2D eigenvalue weighted by molar-refractivity contribution is 7.92.